The number of benzene rings is 2. The van der Waals surface area contributed by atoms with Crippen LogP contribution in [-0.4, -0.2) is 96.3 Å². The van der Waals surface area contributed by atoms with Crippen molar-refractivity contribution in [1.82, 2.24) is 20.9 Å². The van der Waals surface area contributed by atoms with Crippen molar-refractivity contribution in [2.24, 2.45) is 17.6 Å². The normalized spacial score (nSPS) is 27.2. The van der Waals surface area contributed by atoms with Crippen LogP contribution in [-0.2, 0) is 12.8 Å². The summed E-state index contributed by atoms with van der Waals surface area (Å²) >= 11 is 0. The topological polar surface area (TPSA) is 118 Å². The zero-order valence-corrected chi connectivity index (χ0v) is 28.6. The zero-order valence-electron chi connectivity index (χ0n) is 28.6. The number of fused-ring (bicyclic) bond motifs is 2. The Morgan fingerprint density at radius 3 is 2.48 bits per heavy atom. The molecule has 5 rings (SSSR count). The number of hydrogen-bond acceptors (Lipinski definition) is 8. The first-order valence-electron chi connectivity index (χ1n) is 18.1. The van der Waals surface area contributed by atoms with Crippen LogP contribution in [0.3, 0.4) is 0 Å². The first kappa shape index (κ1) is 35.3. The molecule has 0 aromatic heterocycles. The minimum Gasteiger partial charge on any atom is -0.391 e. The number of nitrogens with zero attached hydrogens (tertiary/aromatic N) is 1. The van der Waals surface area contributed by atoms with Crippen LogP contribution in [0.5, 0.6) is 0 Å². The standard InChI is InChI=1S/C38H62N6O2/c1-38(2,3)42-23-32-20-28-13-7-8-15-30(28)25-44(32)26-37(46)34(19-27-11-5-4-6-12-27)41-22-31(17-18-39)40-24-35-36(45)21-29-14-9-10-16-33(29)43-35/h4-6,9-12,14,16,28,30-32,34-37,40-43,45-46H,7-8,13,15,17-26,39H2,1-3H3. The lowest BCUT2D eigenvalue weighted by atomic mass is 9.72. The van der Waals surface area contributed by atoms with Gasteiger partial charge in [-0.1, -0.05) is 67.8 Å². The predicted molar refractivity (Wildman–Crippen MR) is 190 cm³/mol. The van der Waals surface area contributed by atoms with Crippen molar-refractivity contribution in [2.75, 3.05) is 44.6 Å². The Morgan fingerprint density at radius 1 is 0.978 bits per heavy atom. The van der Waals surface area contributed by atoms with E-state index in [0.717, 1.165) is 49.0 Å². The molecule has 8 heteroatoms. The maximum absolute atomic E-state index is 12.0. The van der Waals surface area contributed by atoms with Crippen LogP contribution in [0.2, 0.25) is 0 Å². The van der Waals surface area contributed by atoms with Crippen molar-refractivity contribution >= 4 is 5.69 Å². The molecule has 2 fully saturated rings. The van der Waals surface area contributed by atoms with E-state index in [2.05, 4.69) is 89.4 Å². The van der Waals surface area contributed by atoms with Gasteiger partial charge in [0.2, 0.25) is 0 Å². The van der Waals surface area contributed by atoms with E-state index < -0.39 is 12.2 Å². The van der Waals surface area contributed by atoms with E-state index in [0.29, 0.717) is 38.6 Å². The molecular weight excluding hydrogens is 572 g/mol. The Bertz CT molecular complexity index is 1180. The molecule has 0 amide bonds. The van der Waals surface area contributed by atoms with Gasteiger partial charge in [-0.3, -0.25) is 4.90 Å². The fourth-order valence-corrected chi connectivity index (χ4v) is 7.98. The van der Waals surface area contributed by atoms with E-state index in [1.807, 2.05) is 12.1 Å². The van der Waals surface area contributed by atoms with Gasteiger partial charge in [-0.15, -0.1) is 0 Å². The fraction of sp³-hybridized carbons (Fsp3) is 0.684. The average molecular weight is 635 g/mol. The quantitative estimate of drug-likeness (QED) is 0.159. The largest absolute Gasteiger partial charge is 0.391 e. The molecular formula is C38H62N6O2. The summed E-state index contributed by atoms with van der Waals surface area (Å²) in [6.45, 7) is 11.4. The number of piperidine rings is 1. The third-order valence-corrected chi connectivity index (χ3v) is 10.7. The Balaban J connectivity index is 1.23. The lowest BCUT2D eigenvalue weighted by Crippen LogP contribution is -2.58. The van der Waals surface area contributed by atoms with E-state index >= 15 is 0 Å². The smallest absolute Gasteiger partial charge is 0.0823 e. The number of likely N-dealkylation sites (tertiary alicyclic amines) is 1. The summed E-state index contributed by atoms with van der Waals surface area (Å²) in [6, 6.07) is 19.2. The van der Waals surface area contributed by atoms with E-state index in [1.54, 1.807) is 0 Å². The summed E-state index contributed by atoms with van der Waals surface area (Å²) in [5, 5.41) is 37.6. The highest BCUT2D eigenvalue weighted by Crippen LogP contribution is 2.38. The van der Waals surface area contributed by atoms with Crippen LogP contribution in [0.25, 0.3) is 0 Å². The van der Waals surface area contributed by atoms with Gasteiger partial charge in [-0.05, 0) is 82.0 Å². The van der Waals surface area contributed by atoms with Crippen LogP contribution < -0.4 is 27.0 Å². The number of nitrogens with two attached hydrogens (primary N) is 1. The highest BCUT2D eigenvalue weighted by molar-refractivity contribution is 5.54. The minimum absolute atomic E-state index is 0.0674. The molecule has 8 nitrogen and oxygen atoms in total. The van der Waals surface area contributed by atoms with Crippen LogP contribution in [0, 0.1) is 11.8 Å². The molecule has 1 saturated carbocycles. The van der Waals surface area contributed by atoms with Crippen LogP contribution in [0.1, 0.15) is 70.4 Å². The molecule has 0 spiro atoms. The van der Waals surface area contributed by atoms with Crippen LogP contribution in [0.15, 0.2) is 54.6 Å². The SMILES string of the molecule is CC(C)(C)NCC1CC2CCCCC2CN1CC(O)C(Cc1ccccc1)NCC(CCN)NCC1Nc2ccccc2CC1O. The van der Waals surface area contributed by atoms with Crippen LogP contribution in [0.4, 0.5) is 5.69 Å². The summed E-state index contributed by atoms with van der Waals surface area (Å²) in [5.41, 5.74) is 9.64. The molecule has 256 valence electrons. The van der Waals surface area contributed by atoms with E-state index in [9.17, 15) is 10.2 Å². The molecule has 2 aromatic carbocycles. The average Bonchev–Trinajstić information content (AvgIpc) is 3.04. The fourth-order valence-electron chi connectivity index (χ4n) is 7.98. The van der Waals surface area contributed by atoms with Gasteiger partial charge < -0.3 is 37.2 Å². The van der Waals surface area contributed by atoms with Gasteiger partial charge in [0.25, 0.3) is 0 Å². The molecule has 2 aromatic rings. The number of anilines is 1. The molecule has 8 unspecified atom stereocenters. The van der Waals surface area contributed by atoms with E-state index in [-0.39, 0.29) is 23.7 Å². The van der Waals surface area contributed by atoms with Gasteiger partial charge >= 0.3 is 0 Å². The highest BCUT2D eigenvalue weighted by Gasteiger charge is 2.38. The second kappa shape index (κ2) is 16.9. The molecule has 8 N–H and O–H groups in total. The third kappa shape index (κ3) is 10.2. The summed E-state index contributed by atoms with van der Waals surface area (Å²) in [6.07, 6.45) is 7.91. The minimum atomic E-state index is -0.505. The lowest BCUT2D eigenvalue weighted by molar-refractivity contribution is -0.00362. The molecule has 3 aliphatic rings. The number of β-amino-alcohol motifs (C(OH)–C–C–N with tert-alkyl or cyclic N) is 1. The van der Waals surface area contributed by atoms with Crippen molar-refractivity contribution in [2.45, 2.75) is 114 Å². The number of rotatable bonds is 15. The molecule has 1 saturated heterocycles. The summed E-state index contributed by atoms with van der Waals surface area (Å²) in [4.78, 5) is 2.61. The number of hydrogen-bond donors (Lipinski definition) is 7. The second-order valence-electron chi connectivity index (χ2n) is 15.4. The molecule has 2 aliphatic heterocycles. The van der Waals surface area contributed by atoms with Gasteiger partial charge in [0.1, 0.15) is 0 Å². The van der Waals surface area contributed by atoms with Crippen LogP contribution >= 0.6 is 0 Å². The maximum atomic E-state index is 12.0. The Morgan fingerprint density at radius 2 is 1.72 bits per heavy atom. The summed E-state index contributed by atoms with van der Waals surface area (Å²) < 4.78 is 0. The number of aliphatic hydroxyl groups is 2. The molecule has 46 heavy (non-hydrogen) atoms. The van der Waals surface area contributed by atoms with Gasteiger partial charge in [-0.2, -0.15) is 0 Å². The van der Waals surface area contributed by atoms with Gasteiger partial charge in [-0.25, -0.2) is 0 Å². The second-order valence-corrected chi connectivity index (χ2v) is 15.4. The predicted octanol–water partition coefficient (Wildman–Crippen LogP) is 3.52. The monoisotopic (exact) mass is 634 g/mol. The highest BCUT2D eigenvalue weighted by atomic mass is 16.3. The van der Waals surface area contributed by atoms with Crippen molar-refractivity contribution < 1.29 is 10.2 Å². The van der Waals surface area contributed by atoms with Crippen molar-refractivity contribution in [3.8, 4) is 0 Å². The van der Waals surface area contributed by atoms with Gasteiger partial charge in [0.05, 0.1) is 18.2 Å². The molecule has 0 radical (unpaired) electrons. The third-order valence-electron chi connectivity index (χ3n) is 10.7. The molecule has 2 heterocycles. The summed E-state index contributed by atoms with van der Waals surface area (Å²) in [5.74, 6) is 1.57. The van der Waals surface area contributed by atoms with E-state index in [1.165, 1.54) is 37.7 Å². The van der Waals surface area contributed by atoms with Gasteiger partial charge in [0.15, 0.2) is 0 Å². The first-order chi connectivity index (χ1) is 22.2. The van der Waals surface area contributed by atoms with Crippen molar-refractivity contribution in [1.29, 1.82) is 0 Å². The molecule has 1 aliphatic carbocycles. The lowest BCUT2D eigenvalue weighted by Gasteiger charge is -2.48. The number of aliphatic hydroxyl groups excluding tert-OH is 2. The number of nitrogens with one attached hydrogen (secondary N) is 4. The van der Waals surface area contributed by atoms with Crippen molar-refractivity contribution in [3.05, 3.63) is 65.7 Å². The first-order valence-corrected chi connectivity index (χ1v) is 18.1. The maximum Gasteiger partial charge on any atom is 0.0823 e. The number of para-hydroxylation sites is 1. The molecule has 0 bridgehead atoms. The Labute approximate surface area is 278 Å². The Kier molecular flexibility index (Phi) is 12.9. The van der Waals surface area contributed by atoms with E-state index in [4.69, 9.17) is 5.73 Å². The zero-order chi connectivity index (χ0) is 32.5. The van der Waals surface area contributed by atoms with Crippen molar-refractivity contribution in [3.63, 3.8) is 0 Å². The Hall–Kier alpha value is -2.04. The molecule has 8 atom stereocenters. The summed E-state index contributed by atoms with van der Waals surface area (Å²) in [7, 11) is 0. The van der Waals surface area contributed by atoms with Gasteiger partial charge in [0, 0.05) is 68.5 Å².